The predicted octanol–water partition coefficient (Wildman–Crippen LogP) is 5.84. The minimum Gasteiger partial charge on any atom is -0.444 e. The standard InChI is InChI=1S/C29H33ClF3N3O5/c1-28(2,3)41-27(39)35-17-40-16-23(35)26(38)36(20-8-6-7-18(31)15-20)24(21-9-4-5-10-22(21)30)25(37)34-19-11-13-29(32,33)14-12-19/h4-10,15,19,23-24H,11-14,16-17H2,1-3H3,(H,34,37)/t23-,24-/m0/s1. The van der Waals surface area contributed by atoms with E-state index in [0.717, 1.165) is 15.9 Å². The molecule has 4 rings (SSSR count). The maximum atomic E-state index is 14.5. The van der Waals surface area contributed by atoms with Gasteiger partial charge >= 0.3 is 6.09 Å². The fourth-order valence-electron chi connectivity index (χ4n) is 4.90. The molecule has 1 aliphatic heterocycles. The third-order valence-corrected chi connectivity index (χ3v) is 7.23. The fraction of sp³-hybridized carbons (Fsp3) is 0.483. The highest BCUT2D eigenvalue weighted by Crippen LogP contribution is 2.36. The first-order chi connectivity index (χ1) is 19.3. The second-order valence-corrected chi connectivity index (χ2v) is 11.6. The maximum absolute atomic E-state index is 14.5. The number of hydrogen-bond donors (Lipinski definition) is 1. The lowest BCUT2D eigenvalue weighted by atomic mass is 9.91. The van der Waals surface area contributed by atoms with Crippen molar-refractivity contribution >= 4 is 35.2 Å². The smallest absolute Gasteiger partial charge is 0.412 e. The van der Waals surface area contributed by atoms with Crippen molar-refractivity contribution in [2.75, 3.05) is 18.2 Å². The molecule has 1 saturated heterocycles. The zero-order valence-electron chi connectivity index (χ0n) is 23.0. The largest absolute Gasteiger partial charge is 0.444 e. The van der Waals surface area contributed by atoms with Gasteiger partial charge in [-0.3, -0.25) is 19.4 Å². The van der Waals surface area contributed by atoms with Crippen LogP contribution in [0.5, 0.6) is 0 Å². The molecule has 222 valence electrons. The van der Waals surface area contributed by atoms with Crippen LogP contribution in [0.15, 0.2) is 48.5 Å². The average Bonchev–Trinajstić information content (AvgIpc) is 3.38. The zero-order chi connectivity index (χ0) is 29.9. The third-order valence-electron chi connectivity index (χ3n) is 6.89. The van der Waals surface area contributed by atoms with Crippen LogP contribution in [0.25, 0.3) is 0 Å². The maximum Gasteiger partial charge on any atom is 0.412 e. The number of halogens is 4. The second-order valence-electron chi connectivity index (χ2n) is 11.2. The van der Waals surface area contributed by atoms with Gasteiger partial charge in [0.1, 0.15) is 30.2 Å². The van der Waals surface area contributed by atoms with Gasteiger partial charge in [-0.05, 0) is 57.9 Å². The number of anilines is 1. The molecule has 0 aromatic heterocycles. The molecule has 8 nitrogen and oxygen atoms in total. The number of carbonyl (C=O) groups is 3. The highest BCUT2D eigenvalue weighted by atomic mass is 35.5. The molecule has 1 aliphatic carbocycles. The summed E-state index contributed by atoms with van der Waals surface area (Å²) in [6.07, 6.45) is -1.47. The lowest BCUT2D eigenvalue weighted by Crippen LogP contribution is -2.54. The molecule has 0 unspecified atom stereocenters. The summed E-state index contributed by atoms with van der Waals surface area (Å²) in [5.74, 6) is -4.90. The molecule has 1 saturated carbocycles. The van der Waals surface area contributed by atoms with Crippen molar-refractivity contribution in [3.63, 3.8) is 0 Å². The molecule has 0 radical (unpaired) electrons. The minimum absolute atomic E-state index is 0.0290. The molecule has 1 heterocycles. The predicted molar refractivity (Wildman–Crippen MR) is 146 cm³/mol. The van der Waals surface area contributed by atoms with Crippen molar-refractivity contribution in [1.82, 2.24) is 10.2 Å². The third kappa shape index (κ3) is 7.51. The number of ether oxygens (including phenoxy) is 2. The van der Waals surface area contributed by atoms with Crippen molar-refractivity contribution in [3.8, 4) is 0 Å². The Hall–Kier alpha value is -3.31. The molecular weight excluding hydrogens is 563 g/mol. The monoisotopic (exact) mass is 595 g/mol. The van der Waals surface area contributed by atoms with Crippen LogP contribution in [-0.2, 0) is 19.1 Å². The summed E-state index contributed by atoms with van der Waals surface area (Å²) in [7, 11) is 0. The highest BCUT2D eigenvalue weighted by Gasteiger charge is 2.45. The van der Waals surface area contributed by atoms with E-state index in [-0.39, 0.29) is 55.3 Å². The van der Waals surface area contributed by atoms with Crippen molar-refractivity contribution < 1.29 is 37.0 Å². The van der Waals surface area contributed by atoms with Gasteiger partial charge in [-0.1, -0.05) is 35.9 Å². The van der Waals surface area contributed by atoms with Crippen LogP contribution in [-0.4, -0.2) is 59.8 Å². The number of rotatable bonds is 6. The number of alkyl halides is 2. The van der Waals surface area contributed by atoms with Gasteiger partial charge in [0.15, 0.2) is 0 Å². The first-order valence-corrected chi connectivity index (χ1v) is 13.7. The van der Waals surface area contributed by atoms with Crippen LogP contribution in [0.1, 0.15) is 58.1 Å². The van der Waals surface area contributed by atoms with Gasteiger partial charge in [-0.15, -0.1) is 0 Å². The van der Waals surface area contributed by atoms with E-state index in [4.69, 9.17) is 21.1 Å². The Morgan fingerprint density at radius 2 is 1.80 bits per heavy atom. The van der Waals surface area contributed by atoms with Crippen molar-refractivity contribution in [3.05, 3.63) is 64.9 Å². The summed E-state index contributed by atoms with van der Waals surface area (Å²) >= 11 is 6.52. The molecule has 0 bridgehead atoms. The number of nitrogens with zero attached hydrogens (tertiary/aromatic N) is 2. The van der Waals surface area contributed by atoms with E-state index in [2.05, 4.69) is 5.32 Å². The van der Waals surface area contributed by atoms with E-state index < -0.39 is 53.4 Å². The van der Waals surface area contributed by atoms with E-state index in [1.807, 2.05) is 0 Å². The van der Waals surface area contributed by atoms with E-state index in [0.29, 0.717) is 0 Å². The van der Waals surface area contributed by atoms with E-state index in [1.165, 1.54) is 24.3 Å². The summed E-state index contributed by atoms with van der Waals surface area (Å²) in [4.78, 5) is 43.4. The number of hydrogen-bond acceptors (Lipinski definition) is 5. The summed E-state index contributed by atoms with van der Waals surface area (Å²) in [5.41, 5.74) is -0.596. The molecule has 12 heteroatoms. The Kier molecular flexibility index (Phi) is 9.18. The minimum atomic E-state index is -2.81. The Morgan fingerprint density at radius 3 is 2.44 bits per heavy atom. The lowest BCUT2D eigenvalue weighted by Gasteiger charge is -2.37. The van der Waals surface area contributed by atoms with E-state index in [1.54, 1.807) is 39.0 Å². The SMILES string of the molecule is CC(C)(C)OC(=O)N1COC[C@H]1C(=O)N(c1cccc(F)c1)[C@H](C(=O)NC1CCC(F)(F)CC1)c1ccccc1Cl. The normalized spacial score (nSPS) is 19.9. The summed E-state index contributed by atoms with van der Waals surface area (Å²) < 4.78 is 53.0. The van der Waals surface area contributed by atoms with E-state index >= 15 is 0 Å². The molecule has 2 aromatic rings. The number of nitrogens with one attached hydrogen (secondary N) is 1. The van der Waals surface area contributed by atoms with Gasteiger partial charge in [-0.2, -0.15) is 0 Å². The molecule has 3 amide bonds. The zero-order valence-corrected chi connectivity index (χ0v) is 23.8. The Labute approximate surface area is 241 Å². The highest BCUT2D eigenvalue weighted by molar-refractivity contribution is 6.31. The Balaban J connectivity index is 1.75. The van der Waals surface area contributed by atoms with Gasteiger partial charge < -0.3 is 14.8 Å². The number of carbonyl (C=O) groups excluding carboxylic acids is 3. The van der Waals surface area contributed by atoms with Crippen molar-refractivity contribution in [1.29, 1.82) is 0 Å². The van der Waals surface area contributed by atoms with Crippen LogP contribution < -0.4 is 10.2 Å². The van der Waals surface area contributed by atoms with Gasteiger partial charge in [0.25, 0.3) is 5.91 Å². The molecule has 2 aliphatic rings. The molecular formula is C29H33ClF3N3O5. The Morgan fingerprint density at radius 1 is 1.12 bits per heavy atom. The van der Waals surface area contributed by atoms with Gasteiger partial charge in [0.2, 0.25) is 11.8 Å². The fourth-order valence-corrected chi connectivity index (χ4v) is 5.14. The lowest BCUT2D eigenvalue weighted by molar-refractivity contribution is -0.129. The average molecular weight is 596 g/mol. The first kappa shape index (κ1) is 30.6. The Bertz CT molecular complexity index is 1280. The van der Waals surface area contributed by atoms with Gasteiger partial charge in [0, 0.05) is 35.2 Å². The van der Waals surface area contributed by atoms with Gasteiger partial charge in [-0.25, -0.2) is 18.0 Å². The molecule has 2 aromatic carbocycles. The molecule has 1 N–H and O–H groups in total. The van der Waals surface area contributed by atoms with Crippen LogP contribution in [0.3, 0.4) is 0 Å². The topological polar surface area (TPSA) is 88.2 Å². The van der Waals surface area contributed by atoms with Crippen LogP contribution in [0.2, 0.25) is 5.02 Å². The summed E-state index contributed by atoms with van der Waals surface area (Å²) in [5, 5.41) is 2.96. The second kappa shape index (κ2) is 12.3. The summed E-state index contributed by atoms with van der Waals surface area (Å²) in [6.45, 7) is 4.60. The van der Waals surface area contributed by atoms with Crippen molar-refractivity contribution in [2.45, 2.75) is 76.1 Å². The van der Waals surface area contributed by atoms with Gasteiger partial charge in [0.05, 0.1) is 6.61 Å². The summed E-state index contributed by atoms with van der Waals surface area (Å²) in [6, 6.07) is 8.27. The van der Waals surface area contributed by atoms with Crippen LogP contribution >= 0.6 is 11.6 Å². The number of benzene rings is 2. The first-order valence-electron chi connectivity index (χ1n) is 13.3. The molecule has 2 fully saturated rings. The van der Waals surface area contributed by atoms with Crippen LogP contribution in [0.4, 0.5) is 23.7 Å². The van der Waals surface area contributed by atoms with Crippen LogP contribution in [0, 0.1) is 5.82 Å². The molecule has 41 heavy (non-hydrogen) atoms. The molecule has 2 atom stereocenters. The van der Waals surface area contributed by atoms with E-state index in [9.17, 15) is 27.6 Å². The quantitative estimate of drug-likeness (QED) is 0.453. The number of amides is 3. The van der Waals surface area contributed by atoms with Crippen molar-refractivity contribution in [2.24, 2.45) is 0 Å². The molecule has 0 spiro atoms.